The monoisotopic (exact) mass is 314 g/mol. The Labute approximate surface area is 133 Å². The van der Waals surface area contributed by atoms with E-state index in [0.29, 0.717) is 5.58 Å². The maximum Gasteiger partial charge on any atom is 0.336 e. The zero-order valence-electron chi connectivity index (χ0n) is 12.5. The van der Waals surface area contributed by atoms with Crippen LogP contribution in [0.5, 0.6) is 0 Å². The topological polar surface area (TPSA) is 57.2 Å². The zero-order valence-corrected chi connectivity index (χ0v) is 13.4. The smallest absolute Gasteiger partial charge is 0.336 e. The van der Waals surface area contributed by atoms with Crippen molar-refractivity contribution in [2.75, 3.05) is 11.4 Å². The van der Waals surface area contributed by atoms with Gasteiger partial charge in [0.25, 0.3) is 0 Å². The van der Waals surface area contributed by atoms with Crippen molar-refractivity contribution in [3.63, 3.8) is 0 Å². The molecule has 1 unspecified atom stereocenters. The first kappa shape index (κ1) is 15.0. The van der Waals surface area contributed by atoms with E-state index < -0.39 is 0 Å². The molecule has 4 nitrogen and oxygen atoms in total. The molecule has 114 valence electrons. The molecule has 0 spiro atoms. The van der Waals surface area contributed by atoms with Gasteiger partial charge in [0.05, 0.1) is 5.37 Å². The van der Waals surface area contributed by atoms with Crippen molar-refractivity contribution in [1.82, 2.24) is 0 Å². The molecule has 1 aliphatic rings. The van der Waals surface area contributed by atoms with E-state index in [-0.39, 0.29) is 11.0 Å². The van der Waals surface area contributed by atoms with Crippen molar-refractivity contribution in [2.45, 2.75) is 38.0 Å². The molecule has 3 rings (SSSR count). The largest absolute Gasteiger partial charge is 0.423 e. The van der Waals surface area contributed by atoms with Crippen molar-refractivity contribution in [3.8, 4) is 5.40 Å². The van der Waals surface area contributed by atoms with Crippen molar-refractivity contribution in [1.29, 1.82) is 5.26 Å². The number of anilines is 1. The number of hydrogen-bond acceptors (Lipinski definition) is 5. The Kier molecular flexibility index (Phi) is 4.39. The third-order valence-corrected chi connectivity index (χ3v) is 5.02. The molecule has 1 fully saturated rings. The van der Waals surface area contributed by atoms with Crippen LogP contribution in [0.15, 0.2) is 33.5 Å². The van der Waals surface area contributed by atoms with E-state index in [9.17, 15) is 4.79 Å². The van der Waals surface area contributed by atoms with Crippen LogP contribution in [0.25, 0.3) is 11.0 Å². The molecule has 5 heteroatoms. The summed E-state index contributed by atoms with van der Waals surface area (Å²) in [4.78, 5) is 13.9. The van der Waals surface area contributed by atoms with E-state index in [2.05, 4.69) is 16.4 Å². The fraction of sp³-hybridized carbons (Fsp3) is 0.412. The van der Waals surface area contributed by atoms with Crippen LogP contribution < -0.4 is 10.5 Å². The highest BCUT2D eigenvalue weighted by Crippen LogP contribution is 2.32. The van der Waals surface area contributed by atoms with Gasteiger partial charge >= 0.3 is 5.63 Å². The van der Waals surface area contributed by atoms with Gasteiger partial charge in [0.15, 0.2) is 0 Å². The summed E-state index contributed by atoms with van der Waals surface area (Å²) >= 11 is 1.32. The number of thioether (sulfide) groups is 1. The number of fused-ring (bicyclic) bond motifs is 1. The summed E-state index contributed by atoms with van der Waals surface area (Å²) in [5.41, 5.74) is 2.25. The normalized spacial score (nSPS) is 18.9. The third-order valence-electron chi connectivity index (χ3n) is 4.15. The van der Waals surface area contributed by atoms with Crippen molar-refractivity contribution in [2.24, 2.45) is 0 Å². The van der Waals surface area contributed by atoms with Crippen LogP contribution in [0.4, 0.5) is 5.69 Å². The van der Waals surface area contributed by atoms with Gasteiger partial charge in [0.2, 0.25) is 0 Å². The van der Waals surface area contributed by atoms with Gasteiger partial charge in [-0.1, -0.05) is 12.8 Å². The summed E-state index contributed by atoms with van der Waals surface area (Å²) in [6, 6.07) is 7.51. The first-order valence-electron chi connectivity index (χ1n) is 7.55. The van der Waals surface area contributed by atoms with E-state index in [0.717, 1.165) is 42.4 Å². The standard InChI is InChI=1S/C17H18N2O2S/c1-12-9-17(20)21-15-10-13(6-7-14(12)15)19-8-4-2-3-5-16(19)22-11-18/h6-7,9-10,16H,2-5,8H2,1H3. The SMILES string of the molecule is Cc1cc(=O)oc2cc(N3CCCCCC3SC#N)ccc12. The van der Waals surface area contributed by atoms with E-state index in [1.807, 2.05) is 19.1 Å². The second-order valence-electron chi connectivity index (χ2n) is 5.64. The van der Waals surface area contributed by atoms with E-state index >= 15 is 0 Å². The molecule has 2 aromatic rings. The first-order valence-corrected chi connectivity index (χ1v) is 8.43. The summed E-state index contributed by atoms with van der Waals surface area (Å²) in [6.45, 7) is 2.85. The lowest BCUT2D eigenvalue weighted by Gasteiger charge is -2.29. The molecule has 1 aromatic heterocycles. The number of nitriles is 1. The van der Waals surface area contributed by atoms with Gasteiger partial charge < -0.3 is 9.32 Å². The molecule has 0 saturated carbocycles. The van der Waals surface area contributed by atoms with Crippen LogP contribution in [0.3, 0.4) is 0 Å². The summed E-state index contributed by atoms with van der Waals surface area (Å²) in [7, 11) is 0. The fourth-order valence-electron chi connectivity index (χ4n) is 3.05. The number of rotatable bonds is 2. The van der Waals surface area contributed by atoms with Crippen molar-refractivity contribution >= 4 is 28.4 Å². The summed E-state index contributed by atoms with van der Waals surface area (Å²) in [5, 5.41) is 12.4. The molecule has 0 bridgehead atoms. The van der Waals surface area contributed by atoms with Crippen LogP contribution in [0.1, 0.15) is 31.2 Å². The predicted molar refractivity (Wildman–Crippen MR) is 90.0 cm³/mol. The lowest BCUT2D eigenvalue weighted by molar-refractivity contribution is 0.559. The Hall–Kier alpha value is -1.93. The van der Waals surface area contributed by atoms with Gasteiger partial charge in [0, 0.05) is 29.8 Å². The van der Waals surface area contributed by atoms with Crippen LogP contribution in [0, 0.1) is 17.6 Å². The van der Waals surface area contributed by atoms with Crippen molar-refractivity contribution in [3.05, 3.63) is 40.2 Å². The molecule has 1 aromatic carbocycles. The molecule has 1 aliphatic heterocycles. The fourth-order valence-corrected chi connectivity index (χ4v) is 3.81. The number of aryl methyl sites for hydroxylation is 1. The second kappa shape index (κ2) is 6.45. The second-order valence-corrected chi connectivity index (χ2v) is 6.60. The minimum Gasteiger partial charge on any atom is -0.423 e. The summed E-state index contributed by atoms with van der Waals surface area (Å²) in [5.74, 6) is 0. The number of thiocyanates is 1. The Bertz CT molecular complexity index is 778. The Morgan fingerprint density at radius 2 is 2.18 bits per heavy atom. The van der Waals surface area contributed by atoms with Gasteiger partial charge in [-0.05, 0) is 49.2 Å². The average molecular weight is 314 g/mol. The van der Waals surface area contributed by atoms with Crippen LogP contribution in [-0.4, -0.2) is 11.9 Å². The quantitative estimate of drug-likeness (QED) is 0.619. The maximum absolute atomic E-state index is 11.6. The zero-order chi connectivity index (χ0) is 15.5. The average Bonchev–Trinajstić information content (AvgIpc) is 2.72. The molecule has 22 heavy (non-hydrogen) atoms. The number of benzene rings is 1. The van der Waals surface area contributed by atoms with Gasteiger partial charge in [-0.15, -0.1) is 0 Å². The van der Waals surface area contributed by atoms with Crippen molar-refractivity contribution < 1.29 is 4.42 Å². The summed E-state index contributed by atoms with van der Waals surface area (Å²) in [6.07, 6.45) is 4.48. The number of nitrogens with zero attached hydrogens (tertiary/aromatic N) is 2. The van der Waals surface area contributed by atoms with Crippen LogP contribution >= 0.6 is 11.8 Å². The third kappa shape index (κ3) is 2.97. The summed E-state index contributed by atoms with van der Waals surface area (Å²) < 4.78 is 5.35. The Balaban J connectivity index is 2.04. The Morgan fingerprint density at radius 1 is 1.32 bits per heavy atom. The highest BCUT2D eigenvalue weighted by Gasteiger charge is 2.22. The van der Waals surface area contributed by atoms with E-state index in [4.69, 9.17) is 9.68 Å². The van der Waals surface area contributed by atoms with Crippen LogP contribution in [-0.2, 0) is 0 Å². The molecule has 0 amide bonds. The molecular formula is C17H18N2O2S. The van der Waals surface area contributed by atoms with E-state index in [1.165, 1.54) is 24.2 Å². The van der Waals surface area contributed by atoms with Gasteiger partial charge in [-0.25, -0.2) is 4.79 Å². The molecule has 1 atom stereocenters. The minimum absolute atomic E-state index is 0.168. The molecule has 0 N–H and O–H groups in total. The Morgan fingerprint density at radius 3 is 3.00 bits per heavy atom. The maximum atomic E-state index is 11.6. The van der Waals surface area contributed by atoms with Gasteiger partial charge in [-0.2, -0.15) is 5.26 Å². The lowest BCUT2D eigenvalue weighted by Crippen LogP contribution is -2.32. The lowest BCUT2D eigenvalue weighted by atomic mass is 10.1. The van der Waals surface area contributed by atoms with Gasteiger partial charge in [0.1, 0.15) is 11.0 Å². The first-order chi connectivity index (χ1) is 10.7. The highest BCUT2D eigenvalue weighted by molar-refractivity contribution is 8.04. The highest BCUT2D eigenvalue weighted by atomic mass is 32.2. The molecule has 2 heterocycles. The number of hydrogen-bond donors (Lipinski definition) is 0. The van der Waals surface area contributed by atoms with Crippen LogP contribution in [0.2, 0.25) is 0 Å². The molecule has 0 radical (unpaired) electrons. The van der Waals surface area contributed by atoms with E-state index in [1.54, 1.807) is 0 Å². The molecule has 1 saturated heterocycles. The molecular weight excluding hydrogens is 296 g/mol. The van der Waals surface area contributed by atoms with Gasteiger partial charge in [-0.3, -0.25) is 0 Å². The molecule has 0 aliphatic carbocycles. The minimum atomic E-state index is -0.319. The predicted octanol–water partition coefficient (Wildman–Crippen LogP) is 4.02.